The summed E-state index contributed by atoms with van der Waals surface area (Å²) in [6.07, 6.45) is -18.9. The molecule has 8 aliphatic rings. The maximum atomic E-state index is 15.0. The van der Waals surface area contributed by atoms with Crippen LogP contribution in [0.3, 0.4) is 0 Å². The smallest absolute Gasteiger partial charge is 0.314 e. The molecule has 0 aromatic heterocycles. The van der Waals surface area contributed by atoms with E-state index in [1.54, 1.807) is 0 Å². The Morgan fingerprint density at radius 3 is 1.99 bits per heavy atom. The van der Waals surface area contributed by atoms with Crippen molar-refractivity contribution in [3.05, 3.63) is 12.2 Å². The van der Waals surface area contributed by atoms with Crippen molar-refractivity contribution in [3.63, 3.8) is 0 Å². The van der Waals surface area contributed by atoms with Gasteiger partial charge in [0.05, 0.1) is 42.9 Å². The van der Waals surface area contributed by atoms with E-state index >= 15 is 0 Å². The first kappa shape index (κ1) is 51.4. The van der Waals surface area contributed by atoms with Crippen LogP contribution >= 0.6 is 0 Å². The van der Waals surface area contributed by atoms with Crippen LogP contribution in [0.1, 0.15) is 106 Å². The molecule has 0 bridgehead atoms. The zero-order valence-electron chi connectivity index (χ0n) is 39.8. The number of carbonyl (C=O) groups is 2. The molecule has 0 spiro atoms. The minimum Gasteiger partial charge on any atom is -0.481 e. The number of allylic oxidation sites excluding steroid dienone is 1. The summed E-state index contributed by atoms with van der Waals surface area (Å²) in [5.41, 5.74) is -1.30. The zero-order valence-corrected chi connectivity index (χ0v) is 39.8. The molecular formula is C48H76O19. The monoisotopic (exact) mass is 956 g/mol. The van der Waals surface area contributed by atoms with E-state index in [4.69, 9.17) is 33.2 Å². The molecule has 19 nitrogen and oxygen atoms in total. The molecule has 4 heterocycles. The van der Waals surface area contributed by atoms with Crippen LogP contribution in [0.4, 0.5) is 0 Å². The third kappa shape index (κ3) is 8.06. The average Bonchev–Trinajstić information content (AvgIpc) is 3.76. The maximum Gasteiger partial charge on any atom is 0.314 e. The Bertz CT molecular complexity index is 1850. The van der Waals surface area contributed by atoms with Crippen LogP contribution in [0.5, 0.6) is 0 Å². The Hall–Kier alpha value is -1.92. The zero-order chi connectivity index (χ0) is 49.1. The van der Waals surface area contributed by atoms with Crippen LogP contribution < -0.4 is 0 Å². The summed E-state index contributed by atoms with van der Waals surface area (Å²) >= 11 is 0. The van der Waals surface area contributed by atoms with Crippen LogP contribution in [0.15, 0.2) is 12.2 Å². The number of fused-ring (bicyclic) bond motifs is 7. The normalized spacial score (nSPS) is 53.7. The summed E-state index contributed by atoms with van der Waals surface area (Å²) in [7, 11) is 0. The number of aliphatic hydroxyl groups is 9. The lowest BCUT2D eigenvalue weighted by molar-refractivity contribution is -0.361. The molecule has 8 fully saturated rings. The van der Waals surface area contributed by atoms with Crippen molar-refractivity contribution >= 4 is 11.9 Å². The van der Waals surface area contributed by atoms with Gasteiger partial charge in [-0.2, -0.15) is 0 Å². The third-order valence-electron chi connectivity index (χ3n) is 19.2. The summed E-state index contributed by atoms with van der Waals surface area (Å²) in [6, 6.07) is 0. The third-order valence-corrected chi connectivity index (χ3v) is 19.2. The number of ether oxygens (including phenoxy) is 7. The van der Waals surface area contributed by atoms with Gasteiger partial charge < -0.3 is 84.2 Å². The molecule has 4 saturated heterocycles. The van der Waals surface area contributed by atoms with Gasteiger partial charge in [0.2, 0.25) is 6.29 Å². The molecule has 0 aromatic carbocycles. The summed E-state index contributed by atoms with van der Waals surface area (Å²) in [5.74, 6) is -1.18. The molecule has 4 saturated carbocycles. The van der Waals surface area contributed by atoms with E-state index in [1.165, 1.54) is 6.92 Å². The fraction of sp³-hybridized carbons (Fsp3) is 0.917. The van der Waals surface area contributed by atoms with E-state index in [1.807, 2.05) is 6.92 Å². The number of aliphatic carboxylic acids is 1. The topological polar surface area (TPSA) is 301 Å². The van der Waals surface area contributed by atoms with E-state index in [0.29, 0.717) is 25.7 Å². The van der Waals surface area contributed by atoms with Gasteiger partial charge >= 0.3 is 11.9 Å². The molecule has 10 N–H and O–H groups in total. The van der Waals surface area contributed by atoms with E-state index in [2.05, 4.69) is 41.2 Å². The van der Waals surface area contributed by atoms with Crippen LogP contribution in [-0.2, 0) is 42.7 Å². The Labute approximate surface area is 391 Å². The number of esters is 1. The molecule has 25 atom stereocenters. The summed E-state index contributed by atoms with van der Waals surface area (Å²) in [5, 5.41) is 106. The standard InChI is InChI=1S/C48H76O19/c1-20(2)22-11-14-48(16-15-45(6)23(30(22)48)9-10-27-46(45,7)13-12-26-44(4,5)67-28(17-29(50)51)47(26,27)8)43(60)66-42-37(58)34(55)32(53)25(64-42)19-61-40-38(59)35(56)39(24(18-49)63-40)65-41-36(57)33(54)31(52)21(3)62-41/h21-28,30-42,49,52-59H,1,9-19H2,2-8H3,(H,50,51)/t21-,22-,23+,24+,25+,26-,27-,28?,30+,31-,32+,33+,34-,35+,36+,37+,38+,39+,40+,41-,42-,45+,46+,47-,48-/m0/s1. The number of carboxylic acids is 1. The van der Waals surface area contributed by atoms with Crippen molar-refractivity contribution < 1.29 is 93.8 Å². The molecular weight excluding hydrogens is 881 g/mol. The number of carbonyl (C=O) groups excluding carboxylic acids is 1. The lowest BCUT2D eigenvalue weighted by Gasteiger charge is -2.70. The Kier molecular flexibility index (Phi) is 14.0. The minimum absolute atomic E-state index is 0.00292. The largest absolute Gasteiger partial charge is 0.481 e. The second-order valence-corrected chi connectivity index (χ2v) is 22.8. The van der Waals surface area contributed by atoms with Crippen LogP contribution in [0, 0.1) is 51.2 Å². The SMILES string of the molecule is C=C(C)[C@@H]1CC[C@]2(C(=O)O[C@@H]3O[C@H](CO[C@@H]4O[C@H](CO)[C@@H](O[C@@H]5O[C@@H](C)[C@H](O)[C@@H](O)[C@H]5O)[C@H](O)[C@H]4O)[C@@H](O)[C@H](O)[C@H]3O)CC[C@]3(C)[C@H](CC[C@@H]4[C@@]5(C)C(CC(=O)O)OC(C)(C)[C@@H]5CC[C@]43C)[C@@H]12. The highest BCUT2D eigenvalue weighted by Gasteiger charge is 2.74. The van der Waals surface area contributed by atoms with Crippen molar-refractivity contribution in [2.24, 2.45) is 51.2 Å². The van der Waals surface area contributed by atoms with Crippen molar-refractivity contribution in [3.8, 4) is 0 Å². The quantitative estimate of drug-likeness (QED) is 0.0996. The first-order chi connectivity index (χ1) is 31.3. The number of hydrogen-bond donors (Lipinski definition) is 10. The van der Waals surface area contributed by atoms with Gasteiger partial charge in [-0.05, 0) is 119 Å². The molecule has 19 heteroatoms. The highest BCUT2D eigenvalue weighted by Crippen LogP contribution is 2.78. The highest BCUT2D eigenvalue weighted by molar-refractivity contribution is 5.78. The van der Waals surface area contributed by atoms with Gasteiger partial charge in [0, 0.05) is 5.41 Å². The highest BCUT2D eigenvalue weighted by atomic mass is 16.8. The number of carboxylic acid groups (broad SMARTS) is 1. The summed E-state index contributed by atoms with van der Waals surface area (Å²) in [4.78, 5) is 27.2. The molecule has 1 unspecified atom stereocenters. The molecule has 8 rings (SSSR count). The molecule has 0 amide bonds. The van der Waals surface area contributed by atoms with Crippen molar-refractivity contribution in [1.82, 2.24) is 0 Å². The summed E-state index contributed by atoms with van der Waals surface area (Å²) in [6.45, 7) is 17.6. The van der Waals surface area contributed by atoms with Gasteiger partial charge in [0.1, 0.15) is 67.1 Å². The van der Waals surface area contributed by atoms with Gasteiger partial charge in [-0.15, -0.1) is 0 Å². The number of hydrogen-bond acceptors (Lipinski definition) is 18. The van der Waals surface area contributed by atoms with Crippen LogP contribution in [0.2, 0.25) is 0 Å². The fourth-order valence-electron chi connectivity index (χ4n) is 15.5. The van der Waals surface area contributed by atoms with Crippen molar-refractivity contribution in [1.29, 1.82) is 0 Å². The van der Waals surface area contributed by atoms with Crippen LogP contribution in [0.25, 0.3) is 0 Å². The van der Waals surface area contributed by atoms with Gasteiger partial charge in [-0.3, -0.25) is 9.59 Å². The second-order valence-electron chi connectivity index (χ2n) is 22.8. The van der Waals surface area contributed by atoms with Gasteiger partial charge in [0.15, 0.2) is 12.6 Å². The Balaban J connectivity index is 0.973. The van der Waals surface area contributed by atoms with E-state index in [0.717, 1.165) is 31.3 Å². The van der Waals surface area contributed by atoms with Crippen LogP contribution in [-0.4, -0.2) is 180 Å². The van der Waals surface area contributed by atoms with Crippen molar-refractivity contribution in [2.45, 2.75) is 210 Å². The first-order valence-corrected chi connectivity index (χ1v) is 24.3. The summed E-state index contributed by atoms with van der Waals surface area (Å²) < 4.78 is 41.4. The first-order valence-electron chi connectivity index (χ1n) is 24.3. The fourth-order valence-corrected chi connectivity index (χ4v) is 15.5. The predicted molar refractivity (Wildman–Crippen MR) is 231 cm³/mol. The predicted octanol–water partition coefficient (Wildman–Crippen LogP) is 0.495. The van der Waals surface area contributed by atoms with Crippen molar-refractivity contribution in [2.75, 3.05) is 13.2 Å². The Morgan fingerprint density at radius 2 is 1.33 bits per heavy atom. The van der Waals surface area contributed by atoms with Gasteiger partial charge in [-0.1, -0.05) is 32.9 Å². The molecule has 4 aliphatic carbocycles. The van der Waals surface area contributed by atoms with E-state index < -0.39 is 134 Å². The average molecular weight is 957 g/mol. The maximum absolute atomic E-state index is 15.0. The lowest BCUT2D eigenvalue weighted by Crippen LogP contribution is -2.66. The molecule has 0 aromatic rings. The number of aliphatic hydroxyl groups excluding tert-OH is 9. The minimum atomic E-state index is -1.86. The van der Waals surface area contributed by atoms with E-state index in [-0.39, 0.29) is 52.3 Å². The van der Waals surface area contributed by atoms with Gasteiger partial charge in [-0.25, -0.2) is 0 Å². The van der Waals surface area contributed by atoms with E-state index in [9.17, 15) is 60.7 Å². The van der Waals surface area contributed by atoms with Gasteiger partial charge in [0.25, 0.3) is 0 Å². The molecule has 4 aliphatic heterocycles. The second kappa shape index (κ2) is 18.3. The Morgan fingerprint density at radius 1 is 0.687 bits per heavy atom. The molecule has 382 valence electrons. The number of rotatable bonds is 11. The molecule has 0 radical (unpaired) electrons. The lowest BCUT2D eigenvalue weighted by atomic mass is 9.33. The molecule has 67 heavy (non-hydrogen) atoms.